The first-order valence-electron chi connectivity index (χ1n) is 9.75. The number of hydrogen-bond donors (Lipinski definition) is 1. The van der Waals surface area contributed by atoms with Gasteiger partial charge in [0.25, 0.3) is 5.91 Å². The number of hydrogen-bond acceptors (Lipinski definition) is 3. The van der Waals surface area contributed by atoms with Crippen LogP contribution in [0.1, 0.15) is 42.4 Å². The van der Waals surface area contributed by atoms with Crippen LogP contribution >= 0.6 is 0 Å². The van der Waals surface area contributed by atoms with Crippen LogP contribution in [0.15, 0.2) is 61.1 Å². The molecular weight excluding hydrogens is 379 g/mol. The van der Waals surface area contributed by atoms with Crippen molar-refractivity contribution in [1.82, 2.24) is 14.4 Å². The van der Waals surface area contributed by atoms with Crippen LogP contribution in [-0.4, -0.2) is 20.3 Å². The van der Waals surface area contributed by atoms with E-state index >= 15 is 0 Å². The fourth-order valence-corrected chi connectivity index (χ4v) is 3.54. The Kier molecular flexibility index (Phi) is 4.86. The SMILES string of the molecule is Cc1c(C(=O)Nc2cnc3ncc(C(C)(C)C)n3c2)cccc1-c1ccccc1F. The van der Waals surface area contributed by atoms with Gasteiger partial charge in [-0.2, -0.15) is 0 Å². The lowest BCUT2D eigenvalue weighted by Gasteiger charge is -2.18. The molecule has 0 aliphatic heterocycles. The van der Waals surface area contributed by atoms with Crippen molar-refractivity contribution in [2.75, 3.05) is 5.32 Å². The molecule has 152 valence electrons. The Hall–Kier alpha value is -3.54. The van der Waals surface area contributed by atoms with Gasteiger partial charge in [-0.3, -0.25) is 9.20 Å². The second kappa shape index (κ2) is 7.37. The molecule has 5 nitrogen and oxygen atoms in total. The van der Waals surface area contributed by atoms with E-state index in [2.05, 4.69) is 36.1 Å². The van der Waals surface area contributed by atoms with Crippen LogP contribution in [0.4, 0.5) is 10.1 Å². The van der Waals surface area contributed by atoms with Crippen LogP contribution < -0.4 is 5.32 Å². The molecule has 0 atom stereocenters. The zero-order valence-corrected chi connectivity index (χ0v) is 17.4. The summed E-state index contributed by atoms with van der Waals surface area (Å²) in [4.78, 5) is 21.7. The van der Waals surface area contributed by atoms with Gasteiger partial charge in [-0.05, 0) is 30.2 Å². The molecule has 1 amide bonds. The molecule has 30 heavy (non-hydrogen) atoms. The first kappa shape index (κ1) is 19.8. The second-order valence-electron chi connectivity index (χ2n) is 8.32. The van der Waals surface area contributed by atoms with E-state index in [0.717, 1.165) is 5.69 Å². The van der Waals surface area contributed by atoms with Crippen LogP contribution in [0.25, 0.3) is 16.9 Å². The van der Waals surface area contributed by atoms with Crippen molar-refractivity contribution in [2.24, 2.45) is 0 Å². The summed E-state index contributed by atoms with van der Waals surface area (Å²) in [5.41, 5.74) is 3.81. The normalized spacial score (nSPS) is 11.6. The molecule has 0 radical (unpaired) electrons. The van der Waals surface area contributed by atoms with Gasteiger partial charge in [0.2, 0.25) is 5.78 Å². The molecule has 0 saturated heterocycles. The molecule has 2 aromatic carbocycles. The van der Waals surface area contributed by atoms with E-state index in [1.807, 2.05) is 23.6 Å². The van der Waals surface area contributed by atoms with E-state index in [4.69, 9.17) is 0 Å². The van der Waals surface area contributed by atoms with E-state index < -0.39 is 0 Å². The molecule has 1 N–H and O–H groups in total. The third-order valence-electron chi connectivity index (χ3n) is 5.13. The average Bonchev–Trinajstić information content (AvgIpc) is 3.12. The topological polar surface area (TPSA) is 59.3 Å². The number of carbonyl (C=O) groups is 1. The molecule has 0 fully saturated rings. The number of anilines is 1. The first-order chi connectivity index (χ1) is 14.3. The minimum atomic E-state index is -0.317. The van der Waals surface area contributed by atoms with Crippen molar-refractivity contribution in [3.05, 3.63) is 83.7 Å². The minimum absolute atomic E-state index is 0.117. The lowest BCUT2D eigenvalue weighted by molar-refractivity contribution is 0.102. The average molecular weight is 402 g/mol. The molecule has 0 aliphatic rings. The van der Waals surface area contributed by atoms with E-state index in [9.17, 15) is 9.18 Å². The first-order valence-corrected chi connectivity index (χ1v) is 9.75. The summed E-state index contributed by atoms with van der Waals surface area (Å²) >= 11 is 0. The van der Waals surface area contributed by atoms with Crippen molar-refractivity contribution in [2.45, 2.75) is 33.1 Å². The highest BCUT2D eigenvalue weighted by molar-refractivity contribution is 6.06. The minimum Gasteiger partial charge on any atom is -0.319 e. The monoisotopic (exact) mass is 402 g/mol. The van der Waals surface area contributed by atoms with Crippen molar-refractivity contribution >= 4 is 17.4 Å². The summed E-state index contributed by atoms with van der Waals surface area (Å²) in [6.45, 7) is 8.11. The maximum atomic E-state index is 14.3. The Bertz CT molecular complexity index is 1250. The Morgan fingerprint density at radius 1 is 1.00 bits per heavy atom. The Morgan fingerprint density at radius 3 is 2.43 bits per heavy atom. The van der Waals surface area contributed by atoms with Crippen molar-refractivity contribution in [3.63, 3.8) is 0 Å². The van der Waals surface area contributed by atoms with E-state index in [1.54, 1.807) is 42.7 Å². The van der Waals surface area contributed by atoms with Crippen LogP contribution in [0.2, 0.25) is 0 Å². The highest BCUT2D eigenvalue weighted by atomic mass is 19.1. The number of aromatic nitrogens is 3. The Morgan fingerprint density at radius 2 is 1.70 bits per heavy atom. The largest absolute Gasteiger partial charge is 0.319 e. The number of rotatable bonds is 3. The molecule has 6 heteroatoms. The van der Waals surface area contributed by atoms with Gasteiger partial charge < -0.3 is 5.32 Å². The van der Waals surface area contributed by atoms with Gasteiger partial charge in [0.15, 0.2) is 0 Å². The fraction of sp³-hybridized carbons (Fsp3) is 0.208. The number of nitrogens with one attached hydrogen (secondary N) is 1. The van der Waals surface area contributed by atoms with Crippen LogP contribution in [0.3, 0.4) is 0 Å². The lowest BCUT2D eigenvalue weighted by Crippen LogP contribution is -2.16. The number of nitrogens with zero attached hydrogens (tertiary/aromatic N) is 3. The molecular formula is C24H23FN4O. The Balaban J connectivity index is 1.68. The van der Waals surface area contributed by atoms with E-state index in [1.165, 1.54) is 6.07 Å². The molecule has 0 saturated carbocycles. The second-order valence-corrected chi connectivity index (χ2v) is 8.32. The highest BCUT2D eigenvalue weighted by Crippen LogP contribution is 2.28. The number of imidazole rings is 1. The van der Waals surface area contributed by atoms with Crippen LogP contribution in [0.5, 0.6) is 0 Å². The van der Waals surface area contributed by atoms with Crippen molar-refractivity contribution < 1.29 is 9.18 Å². The number of halogens is 1. The van der Waals surface area contributed by atoms with E-state index in [-0.39, 0.29) is 17.1 Å². The molecule has 0 bridgehead atoms. The van der Waals surface area contributed by atoms with Gasteiger partial charge in [0.05, 0.1) is 18.1 Å². The molecule has 0 spiro atoms. The molecule has 0 unspecified atom stereocenters. The quantitative estimate of drug-likeness (QED) is 0.500. The standard InChI is InChI=1S/C24H23FN4O/c1-15-17(19-8-5-6-11-20(19)25)9-7-10-18(15)22(30)28-16-12-26-23-27-13-21(24(2,3)4)29(23)14-16/h5-14H,1-4H3,(H,28,30). The van der Waals surface area contributed by atoms with Gasteiger partial charge in [-0.15, -0.1) is 0 Å². The zero-order valence-electron chi connectivity index (χ0n) is 17.4. The molecule has 0 aliphatic carbocycles. The van der Waals surface area contributed by atoms with Crippen molar-refractivity contribution in [3.8, 4) is 11.1 Å². The number of carbonyl (C=O) groups excluding carboxylic acids is 1. The predicted octanol–water partition coefficient (Wildman–Crippen LogP) is 5.39. The van der Waals surface area contributed by atoms with Gasteiger partial charge in [-0.25, -0.2) is 14.4 Å². The molecule has 4 rings (SSSR count). The zero-order chi connectivity index (χ0) is 21.5. The fourth-order valence-electron chi connectivity index (χ4n) is 3.54. The van der Waals surface area contributed by atoms with Gasteiger partial charge in [-0.1, -0.05) is 51.1 Å². The third kappa shape index (κ3) is 3.56. The van der Waals surface area contributed by atoms with Gasteiger partial charge in [0, 0.05) is 28.4 Å². The van der Waals surface area contributed by atoms with Crippen LogP contribution in [0, 0.1) is 12.7 Å². The Labute approximate surface area is 174 Å². The molecule has 2 heterocycles. The summed E-state index contributed by atoms with van der Waals surface area (Å²) in [5.74, 6) is -0.0115. The number of fused-ring (bicyclic) bond motifs is 1. The molecule has 4 aromatic rings. The third-order valence-corrected chi connectivity index (χ3v) is 5.13. The summed E-state index contributed by atoms with van der Waals surface area (Å²) in [6, 6.07) is 11.9. The van der Waals surface area contributed by atoms with E-state index in [0.29, 0.717) is 33.7 Å². The summed E-state index contributed by atoms with van der Waals surface area (Å²) in [5, 5.41) is 2.91. The summed E-state index contributed by atoms with van der Waals surface area (Å²) in [6.07, 6.45) is 5.21. The van der Waals surface area contributed by atoms with Crippen molar-refractivity contribution in [1.29, 1.82) is 0 Å². The summed E-state index contributed by atoms with van der Waals surface area (Å²) < 4.78 is 16.2. The smallest absolute Gasteiger partial charge is 0.256 e. The number of benzene rings is 2. The summed E-state index contributed by atoms with van der Waals surface area (Å²) in [7, 11) is 0. The maximum absolute atomic E-state index is 14.3. The highest BCUT2D eigenvalue weighted by Gasteiger charge is 2.20. The predicted molar refractivity (Wildman–Crippen MR) is 116 cm³/mol. The lowest BCUT2D eigenvalue weighted by atomic mass is 9.93. The van der Waals surface area contributed by atoms with Gasteiger partial charge in [0.1, 0.15) is 5.82 Å². The number of amides is 1. The molecule has 2 aromatic heterocycles. The maximum Gasteiger partial charge on any atom is 0.256 e. The van der Waals surface area contributed by atoms with Crippen LogP contribution in [-0.2, 0) is 5.41 Å². The van der Waals surface area contributed by atoms with Gasteiger partial charge >= 0.3 is 0 Å².